The predicted octanol–water partition coefficient (Wildman–Crippen LogP) is 3.52. The van der Waals surface area contributed by atoms with E-state index in [1.807, 2.05) is 12.5 Å². The van der Waals surface area contributed by atoms with Crippen LogP contribution >= 0.6 is 0 Å². The number of imidazole rings is 1. The van der Waals surface area contributed by atoms with E-state index in [1.54, 1.807) is 0 Å². The zero-order valence-electron chi connectivity index (χ0n) is 12.2. The molecule has 0 bridgehead atoms. The highest BCUT2D eigenvalue weighted by molar-refractivity contribution is 5.01. The maximum absolute atomic E-state index is 4.27. The average molecular weight is 249 g/mol. The van der Waals surface area contributed by atoms with E-state index in [0.29, 0.717) is 17.5 Å². The van der Waals surface area contributed by atoms with E-state index in [2.05, 4.69) is 42.6 Å². The summed E-state index contributed by atoms with van der Waals surface area (Å²) in [5.74, 6) is 0. The lowest BCUT2D eigenvalue weighted by Crippen LogP contribution is -2.44. The molecular weight excluding hydrogens is 222 g/mol. The van der Waals surface area contributed by atoms with Crippen LogP contribution in [0.5, 0.6) is 0 Å². The maximum atomic E-state index is 4.27. The summed E-state index contributed by atoms with van der Waals surface area (Å²) in [5.41, 5.74) is 1.73. The van der Waals surface area contributed by atoms with Gasteiger partial charge in [-0.3, -0.25) is 0 Å². The second-order valence-electron chi connectivity index (χ2n) is 6.55. The van der Waals surface area contributed by atoms with Gasteiger partial charge in [0.05, 0.1) is 12.0 Å². The lowest BCUT2D eigenvalue weighted by molar-refractivity contribution is 0.166. The van der Waals surface area contributed by atoms with Gasteiger partial charge in [-0.2, -0.15) is 0 Å². The van der Waals surface area contributed by atoms with Crippen LogP contribution in [0.3, 0.4) is 0 Å². The van der Waals surface area contributed by atoms with E-state index < -0.39 is 0 Å². The molecule has 0 saturated heterocycles. The second-order valence-corrected chi connectivity index (χ2v) is 6.55. The minimum atomic E-state index is 0.431. The quantitative estimate of drug-likeness (QED) is 0.884. The summed E-state index contributed by atoms with van der Waals surface area (Å²) >= 11 is 0. The molecule has 1 aromatic rings. The molecule has 0 aliphatic heterocycles. The number of aromatic nitrogens is 2. The largest absolute Gasteiger partial charge is 0.331 e. The van der Waals surface area contributed by atoms with Gasteiger partial charge < -0.3 is 9.88 Å². The Morgan fingerprint density at radius 1 is 1.44 bits per heavy atom. The fourth-order valence-electron chi connectivity index (χ4n) is 3.03. The van der Waals surface area contributed by atoms with Crippen LogP contribution in [0.15, 0.2) is 12.5 Å². The van der Waals surface area contributed by atoms with Crippen molar-refractivity contribution in [2.45, 2.75) is 72.0 Å². The van der Waals surface area contributed by atoms with Crippen LogP contribution < -0.4 is 5.32 Å². The SMILES string of the molecule is CC(C)n1cncc1CNC1CCCCC1(C)C. The van der Waals surface area contributed by atoms with Crippen molar-refractivity contribution in [3.05, 3.63) is 18.2 Å². The van der Waals surface area contributed by atoms with Crippen molar-refractivity contribution in [3.63, 3.8) is 0 Å². The van der Waals surface area contributed by atoms with Crippen molar-refractivity contribution in [2.24, 2.45) is 5.41 Å². The minimum absolute atomic E-state index is 0.431. The third-order valence-electron chi connectivity index (χ3n) is 4.34. The Kier molecular flexibility index (Phi) is 4.10. The molecule has 1 saturated carbocycles. The van der Waals surface area contributed by atoms with Crippen LogP contribution in [0.2, 0.25) is 0 Å². The van der Waals surface area contributed by atoms with Gasteiger partial charge in [0.15, 0.2) is 0 Å². The number of hydrogen-bond donors (Lipinski definition) is 1. The summed E-state index contributed by atoms with van der Waals surface area (Å²) in [7, 11) is 0. The van der Waals surface area contributed by atoms with Gasteiger partial charge in [0.1, 0.15) is 0 Å². The number of nitrogens with one attached hydrogen (secondary N) is 1. The van der Waals surface area contributed by atoms with Crippen LogP contribution in [-0.4, -0.2) is 15.6 Å². The zero-order valence-corrected chi connectivity index (χ0v) is 12.2. The molecule has 2 rings (SSSR count). The maximum Gasteiger partial charge on any atom is 0.0951 e. The Hall–Kier alpha value is -0.830. The molecule has 3 nitrogen and oxygen atoms in total. The zero-order chi connectivity index (χ0) is 13.2. The van der Waals surface area contributed by atoms with Gasteiger partial charge in [0.25, 0.3) is 0 Å². The lowest BCUT2D eigenvalue weighted by atomic mass is 9.73. The Balaban J connectivity index is 1.96. The molecule has 1 unspecified atom stereocenters. The molecule has 0 aromatic carbocycles. The summed E-state index contributed by atoms with van der Waals surface area (Å²) < 4.78 is 2.25. The standard InChI is InChI=1S/C15H27N3/c1-12(2)18-11-16-9-13(18)10-17-14-7-5-6-8-15(14,3)4/h9,11-12,14,17H,5-8,10H2,1-4H3. The summed E-state index contributed by atoms with van der Waals surface area (Å²) in [6.07, 6.45) is 9.33. The third-order valence-corrected chi connectivity index (χ3v) is 4.34. The first-order valence-electron chi connectivity index (χ1n) is 7.25. The van der Waals surface area contributed by atoms with E-state index >= 15 is 0 Å². The van der Waals surface area contributed by atoms with Gasteiger partial charge in [0.2, 0.25) is 0 Å². The summed E-state index contributed by atoms with van der Waals surface area (Å²) in [5, 5.41) is 3.75. The normalized spacial score (nSPS) is 23.5. The highest BCUT2D eigenvalue weighted by atomic mass is 15.1. The Morgan fingerprint density at radius 3 is 2.89 bits per heavy atom. The van der Waals surface area contributed by atoms with Crippen LogP contribution in [0.4, 0.5) is 0 Å². The summed E-state index contributed by atoms with van der Waals surface area (Å²) in [4.78, 5) is 4.27. The van der Waals surface area contributed by atoms with E-state index in [4.69, 9.17) is 0 Å². The highest BCUT2D eigenvalue weighted by Gasteiger charge is 2.31. The first kappa shape index (κ1) is 13.6. The van der Waals surface area contributed by atoms with Crippen molar-refractivity contribution in [1.29, 1.82) is 0 Å². The van der Waals surface area contributed by atoms with Gasteiger partial charge in [-0.15, -0.1) is 0 Å². The van der Waals surface area contributed by atoms with E-state index in [0.717, 1.165) is 6.54 Å². The van der Waals surface area contributed by atoms with Gasteiger partial charge in [-0.1, -0.05) is 26.7 Å². The van der Waals surface area contributed by atoms with Crippen LogP contribution in [0.25, 0.3) is 0 Å². The van der Waals surface area contributed by atoms with E-state index in [9.17, 15) is 0 Å². The molecule has 0 radical (unpaired) electrons. The first-order valence-corrected chi connectivity index (χ1v) is 7.25. The number of nitrogens with zero attached hydrogens (tertiary/aromatic N) is 2. The van der Waals surface area contributed by atoms with Crippen LogP contribution in [-0.2, 0) is 6.54 Å². The monoisotopic (exact) mass is 249 g/mol. The van der Waals surface area contributed by atoms with Gasteiger partial charge in [-0.05, 0) is 32.1 Å². The topological polar surface area (TPSA) is 29.9 Å². The lowest BCUT2D eigenvalue weighted by Gasteiger charge is -2.39. The van der Waals surface area contributed by atoms with E-state index in [-0.39, 0.29) is 0 Å². The Morgan fingerprint density at radius 2 is 2.22 bits per heavy atom. The molecule has 1 aromatic heterocycles. The molecule has 18 heavy (non-hydrogen) atoms. The molecule has 0 spiro atoms. The molecule has 102 valence electrons. The van der Waals surface area contributed by atoms with Crippen molar-refractivity contribution in [1.82, 2.24) is 14.9 Å². The van der Waals surface area contributed by atoms with Crippen molar-refractivity contribution in [3.8, 4) is 0 Å². The first-order chi connectivity index (χ1) is 8.50. The fraction of sp³-hybridized carbons (Fsp3) is 0.800. The summed E-state index contributed by atoms with van der Waals surface area (Å²) in [6.45, 7) is 10.1. The molecule has 1 aliphatic rings. The summed E-state index contributed by atoms with van der Waals surface area (Å²) in [6, 6.07) is 1.13. The third kappa shape index (κ3) is 2.94. The Bertz CT molecular complexity index is 379. The van der Waals surface area contributed by atoms with Gasteiger partial charge in [-0.25, -0.2) is 4.98 Å². The molecule has 1 N–H and O–H groups in total. The molecule has 1 atom stereocenters. The average Bonchev–Trinajstić information content (AvgIpc) is 2.75. The molecule has 0 amide bonds. The Labute approximate surface area is 111 Å². The second kappa shape index (κ2) is 5.43. The van der Waals surface area contributed by atoms with Crippen LogP contribution in [0.1, 0.15) is 65.1 Å². The molecular formula is C15H27N3. The molecule has 1 heterocycles. The van der Waals surface area contributed by atoms with Crippen molar-refractivity contribution in [2.75, 3.05) is 0 Å². The van der Waals surface area contributed by atoms with E-state index in [1.165, 1.54) is 31.4 Å². The molecule has 3 heteroatoms. The molecule has 1 fully saturated rings. The minimum Gasteiger partial charge on any atom is -0.331 e. The smallest absolute Gasteiger partial charge is 0.0951 e. The molecule has 1 aliphatic carbocycles. The number of rotatable bonds is 4. The highest BCUT2D eigenvalue weighted by Crippen LogP contribution is 2.35. The van der Waals surface area contributed by atoms with Gasteiger partial charge >= 0.3 is 0 Å². The van der Waals surface area contributed by atoms with Crippen molar-refractivity contribution >= 4 is 0 Å². The van der Waals surface area contributed by atoms with Crippen LogP contribution in [0, 0.1) is 5.41 Å². The number of hydrogen-bond acceptors (Lipinski definition) is 2. The van der Waals surface area contributed by atoms with Gasteiger partial charge in [0, 0.05) is 24.8 Å². The predicted molar refractivity (Wildman–Crippen MR) is 75.5 cm³/mol. The fourth-order valence-corrected chi connectivity index (χ4v) is 3.03. The van der Waals surface area contributed by atoms with Crippen molar-refractivity contribution < 1.29 is 0 Å².